The molecule has 110 valence electrons. The molecule has 1 unspecified atom stereocenters. The van der Waals surface area contributed by atoms with Gasteiger partial charge in [-0.2, -0.15) is 0 Å². The average molecular weight is 260 g/mol. The number of carbonyl (C=O) groups is 1. The Labute approximate surface area is 113 Å². The molecule has 0 aromatic carbocycles. The lowest BCUT2D eigenvalue weighted by Gasteiger charge is -2.30. The van der Waals surface area contributed by atoms with Crippen LogP contribution in [0.1, 0.15) is 61.8 Å². The van der Waals surface area contributed by atoms with E-state index in [1.54, 1.807) is 0 Å². The van der Waals surface area contributed by atoms with E-state index in [0.717, 1.165) is 6.42 Å². The topological polar surface area (TPSA) is 64.3 Å². The van der Waals surface area contributed by atoms with Crippen LogP contribution in [0.15, 0.2) is 0 Å². The molecule has 0 amide bonds. The summed E-state index contributed by atoms with van der Waals surface area (Å²) in [5, 5.41) is 3.28. The Morgan fingerprint density at radius 1 is 1.22 bits per heavy atom. The average Bonchev–Trinajstić information content (AvgIpc) is 2.07. The van der Waals surface area contributed by atoms with Gasteiger partial charge in [-0.3, -0.25) is 10.1 Å². The van der Waals surface area contributed by atoms with Crippen molar-refractivity contribution in [1.29, 1.82) is 0 Å². The van der Waals surface area contributed by atoms with Gasteiger partial charge in [-0.1, -0.05) is 7.43 Å². The molecule has 3 N–H and O–H groups in total. The minimum absolute atomic E-state index is 0. The van der Waals surface area contributed by atoms with Gasteiger partial charge in [0.2, 0.25) is 0 Å². The maximum absolute atomic E-state index is 12.0. The number of nitrogens with one attached hydrogen (secondary N) is 1. The lowest BCUT2D eigenvalue weighted by atomic mass is 10.0. The normalized spacial score (nSPS) is 13.7. The van der Waals surface area contributed by atoms with Gasteiger partial charge in [0.1, 0.15) is 11.6 Å². The van der Waals surface area contributed by atoms with Crippen molar-refractivity contribution in [3.63, 3.8) is 0 Å². The summed E-state index contributed by atoms with van der Waals surface area (Å²) < 4.78 is 5.40. The van der Waals surface area contributed by atoms with Crippen LogP contribution in [0.25, 0.3) is 0 Å². The molecule has 0 aliphatic carbocycles. The molecule has 0 saturated carbocycles. The third kappa shape index (κ3) is 10.5. The van der Waals surface area contributed by atoms with Gasteiger partial charge in [-0.25, -0.2) is 0 Å². The number of rotatable bonds is 5. The van der Waals surface area contributed by atoms with Crippen LogP contribution in [-0.2, 0) is 9.53 Å². The zero-order valence-corrected chi connectivity index (χ0v) is 12.1. The van der Waals surface area contributed by atoms with E-state index in [2.05, 4.69) is 5.32 Å². The molecule has 0 saturated heterocycles. The van der Waals surface area contributed by atoms with Crippen LogP contribution < -0.4 is 11.1 Å². The highest BCUT2D eigenvalue weighted by Gasteiger charge is 2.27. The maximum atomic E-state index is 12.0. The molecule has 0 aliphatic heterocycles. The van der Waals surface area contributed by atoms with E-state index in [9.17, 15) is 4.79 Å². The highest BCUT2D eigenvalue weighted by atomic mass is 16.6. The largest absolute Gasteiger partial charge is 0.459 e. The standard InChI is InChI=1S/C13H28N2O2.CH4/c1-12(2,3)15-10(8-7-9-14)11(16)17-13(4,5)6;/h10,15H,7-9,14H2,1-6H3;1H4. The molecule has 4 heteroatoms. The second-order valence-electron chi connectivity index (χ2n) is 6.41. The molecule has 4 nitrogen and oxygen atoms in total. The SMILES string of the molecule is C.CC(C)(C)NC(CCCN)C(=O)OC(C)(C)C. The Morgan fingerprint density at radius 2 is 1.72 bits per heavy atom. The highest BCUT2D eigenvalue weighted by molar-refractivity contribution is 5.76. The van der Waals surface area contributed by atoms with Gasteiger partial charge < -0.3 is 10.5 Å². The van der Waals surface area contributed by atoms with Gasteiger partial charge in [-0.05, 0) is 60.9 Å². The molecule has 18 heavy (non-hydrogen) atoms. The first kappa shape index (κ1) is 19.7. The van der Waals surface area contributed by atoms with Crippen molar-refractivity contribution in [2.24, 2.45) is 5.73 Å². The molecule has 0 bridgehead atoms. The molecular formula is C14H32N2O2. The Balaban J connectivity index is 0. The minimum atomic E-state index is -0.447. The second-order valence-corrected chi connectivity index (χ2v) is 6.41. The summed E-state index contributed by atoms with van der Waals surface area (Å²) in [7, 11) is 0. The Morgan fingerprint density at radius 3 is 2.06 bits per heavy atom. The third-order valence-corrected chi connectivity index (χ3v) is 2.00. The van der Waals surface area contributed by atoms with Crippen LogP contribution in [0.5, 0.6) is 0 Å². The van der Waals surface area contributed by atoms with Crippen LogP contribution in [-0.4, -0.2) is 29.7 Å². The monoisotopic (exact) mass is 260 g/mol. The number of ether oxygens (including phenoxy) is 1. The fraction of sp³-hybridized carbons (Fsp3) is 0.929. The molecule has 0 fully saturated rings. The van der Waals surface area contributed by atoms with Crippen LogP contribution in [0, 0.1) is 0 Å². The lowest BCUT2D eigenvalue weighted by molar-refractivity contribution is -0.158. The van der Waals surface area contributed by atoms with Gasteiger partial charge in [0.15, 0.2) is 0 Å². The Kier molecular flexibility index (Phi) is 8.49. The fourth-order valence-corrected chi connectivity index (χ4v) is 1.47. The van der Waals surface area contributed by atoms with E-state index < -0.39 is 5.60 Å². The fourth-order valence-electron chi connectivity index (χ4n) is 1.47. The van der Waals surface area contributed by atoms with Gasteiger partial charge in [0, 0.05) is 5.54 Å². The van der Waals surface area contributed by atoms with E-state index in [4.69, 9.17) is 10.5 Å². The van der Waals surface area contributed by atoms with Crippen LogP contribution >= 0.6 is 0 Å². The van der Waals surface area contributed by atoms with Crippen LogP contribution in [0.2, 0.25) is 0 Å². The van der Waals surface area contributed by atoms with Gasteiger partial charge in [0.25, 0.3) is 0 Å². The summed E-state index contributed by atoms with van der Waals surface area (Å²) in [4.78, 5) is 12.0. The van der Waals surface area contributed by atoms with E-state index in [1.165, 1.54) is 0 Å². The number of esters is 1. The van der Waals surface area contributed by atoms with Crippen molar-refractivity contribution in [2.75, 3.05) is 6.54 Å². The summed E-state index contributed by atoms with van der Waals surface area (Å²) in [6, 6.07) is -0.280. The molecule has 0 radical (unpaired) electrons. The number of nitrogens with two attached hydrogens (primary N) is 1. The summed E-state index contributed by atoms with van der Waals surface area (Å²) in [5.41, 5.74) is 4.93. The van der Waals surface area contributed by atoms with Crippen molar-refractivity contribution in [3.8, 4) is 0 Å². The van der Waals surface area contributed by atoms with Crippen molar-refractivity contribution in [2.45, 2.75) is 79.0 Å². The summed E-state index contributed by atoms with van der Waals surface area (Å²) in [5.74, 6) is -0.194. The predicted molar refractivity (Wildman–Crippen MR) is 77.5 cm³/mol. The quantitative estimate of drug-likeness (QED) is 0.745. The van der Waals surface area contributed by atoms with Crippen LogP contribution in [0.4, 0.5) is 0 Å². The van der Waals surface area contributed by atoms with Gasteiger partial charge >= 0.3 is 5.97 Å². The molecule has 0 spiro atoms. The van der Waals surface area contributed by atoms with Crippen molar-refractivity contribution >= 4 is 5.97 Å². The van der Waals surface area contributed by atoms with E-state index >= 15 is 0 Å². The smallest absolute Gasteiger partial charge is 0.323 e. The molecule has 0 heterocycles. The predicted octanol–water partition coefficient (Wildman–Crippen LogP) is 2.46. The van der Waals surface area contributed by atoms with Crippen molar-refractivity contribution in [3.05, 3.63) is 0 Å². The highest BCUT2D eigenvalue weighted by Crippen LogP contribution is 2.13. The molecule has 0 rings (SSSR count). The first-order chi connectivity index (χ1) is 7.55. The van der Waals surface area contributed by atoms with Gasteiger partial charge in [-0.15, -0.1) is 0 Å². The zero-order valence-electron chi connectivity index (χ0n) is 12.1. The third-order valence-electron chi connectivity index (χ3n) is 2.00. The summed E-state index contributed by atoms with van der Waals surface area (Å²) in [6.45, 7) is 12.3. The molecule has 1 atom stereocenters. The summed E-state index contributed by atoms with van der Waals surface area (Å²) in [6.07, 6.45) is 1.52. The molecular weight excluding hydrogens is 228 g/mol. The first-order valence-corrected chi connectivity index (χ1v) is 6.26. The lowest BCUT2D eigenvalue weighted by Crippen LogP contribution is -2.49. The first-order valence-electron chi connectivity index (χ1n) is 6.26. The van der Waals surface area contributed by atoms with Crippen LogP contribution in [0.3, 0.4) is 0 Å². The van der Waals surface area contributed by atoms with Crippen molar-refractivity contribution < 1.29 is 9.53 Å². The zero-order chi connectivity index (χ0) is 13.7. The Hall–Kier alpha value is -0.610. The minimum Gasteiger partial charge on any atom is -0.459 e. The maximum Gasteiger partial charge on any atom is 0.323 e. The number of hydrogen-bond acceptors (Lipinski definition) is 4. The van der Waals surface area contributed by atoms with E-state index in [1.807, 2.05) is 41.5 Å². The number of carbonyl (C=O) groups excluding carboxylic acids is 1. The second kappa shape index (κ2) is 7.74. The Bertz CT molecular complexity index is 239. The molecule has 0 aromatic heterocycles. The molecule has 0 aliphatic rings. The summed E-state index contributed by atoms with van der Waals surface area (Å²) >= 11 is 0. The van der Waals surface area contributed by atoms with E-state index in [0.29, 0.717) is 13.0 Å². The van der Waals surface area contributed by atoms with Crippen molar-refractivity contribution in [1.82, 2.24) is 5.32 Å². The molecule has 0 aromatic rings. The number of hydrogen-bond donors (Lipinski definition) is 2. The van der Waals surface area contributed by atoms with E-state index in [-0.39, 0.29) is 25.0 Å². The van der Waals surface area contributed by atoms with Gasteiger partial charge in [0.05, 0.1) is 0 Å².